The third-order valence-electron chi connectivity index (χ3n) is 0. The van der Waals surface area contributed by atoms with E-state index in [0.29, 0.717) is 0 Å². The van der Waals surface area contributed by atoms with Crippen LogP contribution in [-0.2, 0) is 0 Å². The Balaban J connectivity index is 0. The third-order valence-corrected chi connectivity index (χ3v) is 0. The van der Waals surface area contributed by atoms with E-state index in [1.54, 1.807) is 0 Å². The average Bonchev–Trinajstić information content (AvgIpc) is 0. The van der Waals surface area contributed by atoms with Gasteiger partial charge in [-0.1, -0.05) is 0 Å². The molecule has 0 saturated carbocycles. The van der Waals surface area contributed by atoms with Gasteiger partial charge in [0.25, 0.3) is 0 Å². The first-order valence-electron chi connectivity index (χ1n) is 0. The minimum atomic E-state index is 0. The first-order chi connectivity index (χ1) is 0. The molecule has 0 radical (unpaired) electrons. The summed E-state index contributed by atoms with van der Waals surface area (Å²) in [6.45, 7) is 0. The predicted molar refractivity (Wildman–Crippen MR) is 18.2 cm³/mol. The van der Waals surface area contributed by atoms with Crippen LogP contribution in [0, 0.1) is 0 Å². The van der Waals surface area contributed by atoms with Crippen LogP contribution >= 0.6 is 0 Å². The van der Waals surface area contributed by atoms with Crippen LogP contribution in [0.2, 0.25) is 0 Å². The van der Waals surface area contributed by atoms with E-state index in [1.165, 1.54) is 0 Å². The van der Waals surface area contributed by atoms with Gasteiger partial charge in [0.2, 0.25) is 0 Å². The standard InChI is InChI=1S/Al.In.2N/q2*+3;2*-3. The van der Waals surface area contributed by atoms with E-state index in [1.807, 2.05) is 0 Å². The molecule has 0 rings (SSSR count). The molecular formula is AlInN2. The van der Waals surface area contributed by atoms with Crippen LogP contribution in [0.25, 0.3) is 12.3 Å². The Labute approximate surface area is 55.4 Å². The monoisotopic (exact) mass is 170 g/mol. The minimum absolute atomic E-state index is 0. The summed E-state index contributed by atoms with van der Waals surface area (Å²) in [5, 5.41) is 0. The minimum Gasteiger partial charge on any atom is -3.00 e. The third kappa shape index (κ3) is 10.2. The molecule has 0 bridgehead atoms. The summed E-state index contributed by atoms with van der Waals surface area (Å²) in [6, 6.07) is 0. The smallest absolute Gasteiger partial charge is 3.00 e. The molecule has 0 aromatic heterocycles. The zero-order valence-electron chi connectivity index (χ0n) is 2.05. The molecule has 0 aliphatic heterocycles. The van der Waals surface area contributed by atoms with Crippen LogP contribution in [0.4, 0.5) is 0 Å². The molecule has 2 nitrogen and oxygen atoms in total. The maximum atomic E-state index is 0. The van der Waals surface area contributed by atoms with Crippen molar-refractivity contribution in [2.75, 3.05) is 0 Å². The molecule has 4 heteroatoms. The van der Waals surface area contributed by atoms with Gasteiger partial charge in [-0.15, -0.1) is 0 Å². The molecule has 16 valence electrons. The second-order valence-corrected chi connectivity index (χ2v) is 0. The van der Waals surface area contributed by atoms with Gasteiger partial charge in [0.05, 0.1) is 0 Å². The molecule has 0 fully saturated rings. The molecule has 0 atom stereocenters. The Kier molecular flexibility index (Phi) is 388. The van der Waals surface area contributed by atoms with Crippen LogP contribution in [0.5, 0.6) is 0 Å². The molecule has 0 aromatic carbocycles. The maximum Gasteiger partial charge on any atom is 3.00 e. The molecule has 0 aliphatic rings. The number of hydrogen-bond donors (Lipinski definition) is 0. The summed E-state index contributed by atoms with van der Waals surface area (Å²) in [7, 11) is 0. The second-order valence-electron chi connectivity index (χ2n) is 0. The summed E-state index contributed by atoms with van der Waals surface area (Å²) >= 11 is 0. The largest absolute Gasteiger partial charge is 3.00 e. The number of hydrogen-bond acceptors (Lipinski definition) is 0. The topological polar surface area (TPSA) is 61.0 Å². The molecular weight excluding hydrogens is 170 g/mol. The molecule has 0 amide bonds. The Hall–Kier alpha value is 1.32. The van der Waals surface area contributed by atoms with E-state index < -0.39 is 0 Å². The second kappa shape index (κ2) is 27.3. The van der Waals surface area contributed by atoms with Crippen molar-refractivity contribution in [2.24, 2.45) is 0 Å². The van der Waals surface area contributed by atoms with E-state index >= 15 is 0 Å². The summed E-state index contributed by atoms with van der Waals surface area (Å²) < 4.78 is 0. The van der Waals surface area contributed by atoms with Gasteiger partial charge in [0.1, 0.15) is 0 Å². The van der Waals surface area contributed by atoms with Gasteiger partial charge in [-0.2, -0.15) is 0 Å². The van der Waals surface area contributed by atoms with Gasteiger partial charge in [-0.05, 0) is 0 Å². The van der Waals surface area contributed by atoms with Gasteiger partial charge >= 0.3 is 43.2 Å². The first-order valence-corrected chi connectivity index (χ1v) is 0. The predicted octanol–water partition coefficient (Wildman–Crippen LogP) is -0.184. The van der Waals surface area contributed by atoms with Crippen molar-refractivity contribution >= 4 is 43.2 Å². The van der Waals surface area contributed by atoms with Gasteiger partial charge in [0.15, 0.2) is 0 Å². The number of rotatable bonds is 0. The Morgan fingerprint density at radius 2 is 0.750 bits per heavy atom. The van der Waals surface area contributed by atoms with Crippen LogP contribution in [-0.4, -0.2) is 43.2 Å². The van der Waals surface area contributed by atoms with E-state index in [2.05, 4.69) is 0 Å². The summed E-state index contributed by atoms with van der Waals surface area (Å²) in [5.41, 5.74) is 0. The fourth-order valence-corrected chi connectivity index (χ4v) is 0. The fourth-order valence-electron chi connectivity index (χ4n) is 0. The first kappa shape index (κ1) is 56.9. The summed E-state index contributed by atoms with van der Waals surface area (Å²) in [4.78, 5) is 0. The SMILES string of the molecule is [Al+3].[In+3].[N-3].[N-3]. The van der Waals surface area contributed by atoms with Gasteiger partial charge < -0.3 is 12.3 Å². The number of nitrogens with zero attached hydrogens (tertiary/aromatic N) is 2. The molecule has 4 heavy (non-hydrogen) atoms. The van der Waals surface area contributed by atoms with Crippen molar-refractivity contribution in [3.8, 4) is 0 Å². The van der Waals surface area contributed by atoms with Crippen molar-refractivity contribution in [2.45, 2.75) is 0 Å². The van der Waals surface area contributed by atoms with Gasteiger partial charge in [-0.25, -0.2) is 0 Å². The zero-order valence-corrected chi connectivity index (χ0v) is 6.50. The van der Waals surface area contributed by atoms with Crippen molar-refractivity contribution in [1.29, 1.82) is 0 Å². The molecule has 0 saturated heterocycles. The van der Waals surface area contributed by atoms with E-state index in [9.17, 15) is 0 Å². The van der Waals surface area contributed by atoms with Crippen molar-refractivity contribution < 1.29 is 0 Å². The Morgan fingerprint density at radius 1 is 0.750 bits per heavy atom. The van der Waals surface area contributed by atoms with Crippen molar-refractivity contribution in [3.05, 3.63) is 12.3 Å². The Morgan fingerprint density at radius 3 is 0.750 bits per heavy atom. The van der Waals surface area contributed by atoms with E-state index in [4.69, 9.17) is 0 Å². The van der Waals surface area contributed by atoms with Gasteiger partial charge in [-0.3, -0.25) is 0 Å². The fraction of sp³-hybridized carbons (Fsp3) is 0. The molecule has 0 unspecified atom stereocenters. The zero-order chi connectivity index (χ0) is 0. The summed E-state index contributed by atoms with van der Waals surface area (Å²) in [6.07, 6.45) is 0. The van der Waals surface area contributed by atoms with Gasteiger partial charge in [0, 0.05) is 0 Å². The molecule has 0 aliphatic carbocycles. The maximum absolute atomic E-state index is 0. The molecule has 0 heterocycles. The van der Waals surface area contributed by atoms with Crippen LogP contribution < -0.4 is 0 Å². The van der Waals surface area contributed by atoms with Crippen molar-refractivity contribution in [1.82, 2.24) is 0 Å². The van der Waals surface area contributed by atoms with Crippen LogP contribution in [0.15, 0.2) is 0 Å². The van der Waals surface area contributed by atoms with Crippen LogP contribution in [0.3, 0.4) is 0 Å². The molecule has 0 N–H and O–H groups in total. The molecule has 0 spiro atoms. The summed E-state index contributed by atoms with van der Waals surface area (Å²) in [5.74, 6) is 0. The van der Waals surface area contributed by atoms with Crippen LogP contribution in [0.1, 0.15) is 0 Å². The quantitative estimate of drug-likeness (QED) is 0.452. The van der Waals surface area contributed by atoms with Crippen molar-refractivity contribution in [3.63, 3.8) is 0 Å². The van der Waals surface area contributed by atoms with E-state index in [-0.39, 0.29) is 55.5 Å². The normalized spacial score (nSPS) is 0. The average molecular weight is 170 g/mol. The molecule has 0 aromatic rings. The Bertz CT molecular complexity index is 6.00. The van der Waals surface area contributed by atoms with E-state index in [0.717, 1.165) is 0 Å².